The summed E-state index contributed by atoms with van der Waals surface area (Å²) in [5.74, 6) is 0.332. The summed E-state index contributed by atoms with van der Waals surface area (Å²) in [5.41, 5.74) is 5.05. The average Bonchev–Trinajstić information content (AvgIpc) is 3.17. The first kappa shape index (κ1) is 14.7. The smallest absolute Gasteiger partial charge is 0.259 e. The van der Waals surface area contributed by atoms with Crippen LogP contribution in [0.1, 0.15) is 58.4 Å². The van der Waals surface area contributed by atoms with E-state index in [1.807, 2.05) is 47.1 Å². The number of aryl methyl sites for hydroxylation is 1. The number of hydrogen-bond acceptors (Lipinski definition) is 2. The molecule has 5 rings (SSSR count). The number of hydrogen-bond donors (Lipinski definition) is 0. The molecule has 1 fully saturated rings. The number of para-hydroxylation sites is 1. The molecule has 0 radical (unpaired) electrons. The lowest BCUT2D eigenvalue weighted by molar-refractivity contribution is -0.130. The van der Waals surface area contributed by atoms with Crippen molar-refractivity contribution < 1.29 is 9.59 Å². The van der Waals surface area contributed by atoms with Gasteiger partial charge in [-0.25, -0.2) is 0 Å². The summed E-state index contributed by atoms with van der Waals surface area (Å²) in [6, 6.07) is 14.3. The van der Waals surface area contributed by atoms with Crippen LogP contribution in [0.5, 0.6) is 0 Å². The van der Waals surface area contributed by atoms with E-state index in [0.717, 1.165) is 47.3 Å². The molecule has 3 aliphatic rings. The van der Waals surface area contributed by atoms with Crippen molar-refractivity contribution in [1.29, 1.82) is 0 Å². The van der Waals surface area contributed by atoms with Gasteiger partial charge in [0.25, 0.3) is 5.91 Å². The van der Waals surface area contributed by atoms with E-state index >= 15 is 0 Å². The van der Waals surface area contributed by atoms with Gasteiger partial charge in [-0.15, -0.1) is 0 Å². The van der Waals surface area contributed by atoms with E-state index in [4.69, 9.17) is 0 Å². The summed E-state index contributed by atoms with van der Waals surface area (Å²) >= 11 is 0. The maximum atomic E-state index is 13.2. The van der Waals surface area contributed by atoms with Crippen LogP contribution in [0.2, 0.25) is 0 Å². The van der Waals surface area contributed by atoms with Gasteiger partial charge >= 0.3 is 0 Å². The van der Waals surface area contributed by atoms with Gasteiger partial charge in [-0.3, -0.25) is 9.59 Å². The zero-order chi connectivity index (χ0) is 17.1. The lowest BCUT2D eigenvalue weighted by Gasteiger charge is -2.40. The highest BCUT2D eigenvalue weighted by atomic mass is 16.2. The first-order valence-corrected chi connectivity index (χ1v) is 8.98. The van der Waals surface area contributed by atoms with E-state index in [2.05, 4.69) is 12.1 Å². The van der Waals surface area contributed by atoms with Crippen molar-refractivity contribution in [1.82, 2.24) is 4.90 Å². The fourth-order valence-electron chi connectivity index (χ4n) is 4.79. The van der Waals surface area contributed by atoms with Gasteiger partial charge in [0.2, 0.25) is 5.91 Å². The molecule has 2 aromatic rings. The van der Waals surface area contributed by atoms with Crippen LogP contribution in [-0.4, -0.2) is 23.3 Å². The topological polar surface area (TPSA) is 40.6 Å². The summed E-state index contributed by atoms with van der Waals surface area (Å²) in [7, 11) is 0. The van der Waals surface area contributed by atoms with Crippen molar-refractivity contribution in [2.45, 2.75) is 38.3 Å². The van der Waals surface area contributed by atoms with Gasteiger partial charge in [0.15, 0.2) is 0 Å². The molecule has 2 atom stereocenters. The van der Waals surface area contributed by atoms with Crippen molar-refractivity contribution in [3.8, 4) is 0 Å². The molecule has 0 unspecified atom stereocenters. The predicted molar refractivity (Wildman–Crippen MR) is 95.5 cm³/mol. The molecule has 3 heterocycles. The van der Waals surface area contributed by atoms with Gasteiger partial charge in [0, 0.05) is 24.2 Å². The van der Waals surface area contributed by atoms with Crippen LogP contribution >= 0.6 is 0 Å². The monoisotopic (exact) mass is 332 g/mol. The van der Waals surface area contributed by atoms with Crippen LogP contribution in [0.3, 0.4) is 0 Å². The van der Waals surface area contributed by atoms with Crippen molar-refractivity contribution in [3.63, 3.8) is 0 Å². The molecule has 0 spiro atoms. The van der Waals surface area contributed by atoms with E-state index in [0.29, 0.717) is 6.42 Å². The Balaban J connectivity index is 1.68. The minimum Gasteiger partial charge on any atom is -0.335 e. The molecular formula is C21H20N2O2. The van der Waals surface area contributed by atoms with E-state index in [1.165, 1.54) is 0 Å². The quantitative estimate of drug-likeness (QED) is 0.798. The van der Waals surface area contributed by atoms with Crippen LogP contribution in [0.4, 0.5) is 5.69 Å². The van der Waals surface area contributed by atoms with E-state index < -0.39 is 0 Å². The SMILES string of the molecule is Cc1cccc2c1C(=O)N1c3ccccc3[C@@H](N3CCCC3=O)C[C@@H]21. The highest BCUT2D eigenvalue weighted by molar-refractivity contribution is 6.12. The third-order valence-electron chi connectivity index (χ3n) is 5.90. The largest absolute Gasteiger partial charge is 0.335 e. The Hall–Kier alpha value is -2.62. The van der Waals surface area contributed by atoms with Crippen LogP contribution < -0.4 is 4.90 Å². The maximum Gasteiger partial charge on any atom is 0.259 e. The molecule has 1 saturated heterocycles. The van der Waals surface area contributed by atoms with Gasteiger partial charge in [0.05, 0.1) is 12.1 Å². The molecule has 0 bridgehead atoms. The molecule has 25 heavy (non-hydrogen) atoms. The fourth-order valence-corrected chi connectivity index (χ4v) is 4.79. The predicted octanol–water partition coefficient (Wildman–Crippen LogP) is 3.76. The number of carbonyl (C=O) groups excluding carboxylic acids is 2. The van der Waals surface area contributed by atoms with Gasteiger partial charge in [-0.1, -0.05) is 36.4 Å². The van der Waals surface area contributed by atoms with Crippen LogP contribution in [-0.2, 0) is 4.79 Å². The van der Waals surface area contributed by atoms with Crippen molar-refractivity contribution >= 4 is 17.5 Å². The molecule has 4 heteroatoms. The van der Waals surface area contributed by atoms with Crippen LogP contribution in [0, 0.1) is 6.92 Å². The van der Waals surface area contributed by atoms with Crippen molar-refractivity contribution in [2.24, 2.45) is 0 Å². The normalized spacial score (nSPS) is 24.4. The first-order valence-electron chi connectivity index (χ1n) is 8.98. The van der Waals surface area contributed by atoms with Crippen LogP contribution in [0.25, 0.3) is 0 Å². The number of amides is 2. The second-order valence-corrected chi connectivity index (χ2v) is 7.23. The lowest BCUT2D eigenvalue weighted by atomic mass is 9.88. The molecule has 3 aliphatic heterocycles. The maximum absolute atomic E-state index is 13.2. The number of nitrogens with zero attached hydrogens (tertiary/aromatic N) is 2. The van der Waals surface area contributed by atoms with Crippen LogP contribution in [0.15, 0.2) is 42.5 Å². The lowest BCUT2D eigenvalue weighted by Crippen LogP contribution is -2.40. The minimum absolute atomic E-state index is 0.0238. The number of likely N-dealkylation sites (tertiary alicyclic amines) is 1. The first-order chi connectivity index (χ1) is 12.2. The third kappa shape index (κ3) is 1.94. The molecule has 0 aliphatic carbocycles. The fraction of sp³-hybridized carbons (Fsp3) is 0.333. The van der Waals surface area contributed by atoms with E-state index in [1.54, 1.807) is 0 Å². The molecule has 0 N–H and O–H groups in total. The van der Waals surface area contributed by atoms with Gasteiger partial charge in [0.1, 0.15) is 0 Å². The number of rotatable bonds is 1. The third-order valence-corrected chi connectivity index (χ3v) is 5.90. The van der Waals surface area contributed by atoms with Gasteiger partial charge < -0.3 is 9.80 Å². The second-order valence-electron chi connectivity index (χ2n) is 7.23. The second kappa shape index (κ2) is 5.19. The summed E-state index contributed by atoms with van der Waals surface area (Å²) < 4.78 is 0. The standard InChI is InChI=1S/C21H20N2O2/c1-13-6-4-8-15-18-12-17(22-11-5-10-19(22)24)14-7-2-3-9-16(14)23(18)21(25)20(13)15/h2-4,6-9,17-18H,5,10-12H2,1H3/t17-,18-/m0/s1. The number of anilines is 1. The molecular weight excluding hydrogens is 312 g/mol. The Morgan fingerprint density at radius 3 is 2.56 bits per heavy atom. The van der Waals surface area contributed by atoms with E-state index in [-0.39, 0.29) is 23.9 Å². The molecule has 0 saturated carbocycles. The minimum atomic E-state index is 0.0238. The summed E-state index contributed by atoms with van der Waals surface area (Å²) in [6.07, 6.45) is 2.35. The Bertz CT molecular complexity index is 905. The molecule has 2 aromatic carbocycles. The van der Waals surface area contributed by atoms with Crippen molar-refractivity contribution in [2.75, 3.05) is 11.4 Å². The zero-order valence-electron chi connectivity index (χ0n) is 14.2. The van der Waals surface area contributed by atoms with Gasteiger partial charge in [-0.05, 0) is 42.5 Å². The molecule has 0 aromatic heterocycles. The Morgan fingerprint density at radius 2 is 1.76 bits per heavy atom. The number of fused-ring (bicyclic) bond motifs is 5. The number of benzene rings is 2. The summed E-state index contributed by atoms with van der Waals surface area (Å²) in [4.78, 5) is 29.5. The summed E-state index contributed by atoms with van der Waals surface area (Å²) in [5, 5.41) is 0. The number of carbonyl (C=O) groups is 2. The Morgan fingerprint density at radius 1 is 0.960 bits per heavy atom. The molecule has 2 amide bonds. The summed E-state index contributed by atoms with van der Waals surface area (Å²) in [6.45, 7) is 2.82. The zero-order valence-corrected chi connectivity index (χ0v) is 14.2. The Kier molecular flexibility index (Phi) is 3.05. The average molecular weight is 332 g/mol. The highest BCUT2D eigenvalue weighted by Crippen LogP contribution is 2.51. The van der Waals surface area contributed by atoms with Crippen molar-refractivity contribution in [3.05, 3.63) is 64.7 Å². The highest BCUT2D eigenvalue weighted by Gasteiger charge is 2.46. The molecule has 126 valence electrons. The van der Waals surface area contributed by atoms with Gasteiger partial charge in [-0.2, -0.15) is 0 Å². The van der Waals surface area contributed by atoms with E-state index in [9.17, 15) is 9.59 Å². The Labute approximate surface area is 147 Å². The molecule has 4 nitrogen and oxygen atoms in total.